The van der Waals surface area contributed by atoms with Gasteiger partial charge in [-0.25, -0.2) is 4.98 Å². The van der Waals surface area contributed by atoms with Crippen LogP contribution in [-0.2, 0) is 30.1 Å². The van der Waals surface area contributed by atoms with E-state index >= 15 is 0 Å². The second-order valence-electron chi connectivity index (χ2n) is 15.2. The van der Waals surface area contributed by atoms with Gasteiger partial charge in [0.05, 0.1) is 29.6 Å². The third-order valence-corrected chi connectivity index (χ3v) is 10.9. The number of methoxy groups -OCH3 is 1. The molecule has 2 fully saturated rings. The molecule has 4 aromatic rings. The number of carbonyl (C=O) groups excluding carboxylic acids is 7. The van der Waals surface area contributed by atoms with Crippen molar-refractivity contribution in [3.05, 3.63) is 96.2 Å². The minimum absolute atomic E-state index is 0.00456. The Balaban J connectivity index is 0.891. The maximum atomic E-state index is 14.0. The van der Waals surface area contributed by atoms with Crippen LogP contribution >= 0.6 is 0 Å². The SMILES string of the molecule is C=CC(=O)Nc1cccc(Nc2nc(Nc3ccc(N4CCN(C(=O)CCCCC(=O)Nc5cccc6c5C(=O)N(C5CCC(=O)NC5=O)C6=O)CC4)cc3OC)ncc2C(F)(F)F)c1. The fourth-order valence-electron chi connectivity index (χ4n) is 7.62. The standard InChI is InChI=1S/C44H43F3N10O8/c1-3-34(58)49-25-8-6-9-26(22-25)50-39-29(44(45,46)47)24-48-43(54-39)52-30-15-14-27(23-33(30)65-2)55-18-20-56(21-19-55)37(61)13-5-4-12-35(59)51-31-11-7-10-28-38(31)42(64)57(41(28)63)32-16-17-36(60)53-40(32)62/h3,6-11,14-15,22-24,32H,1,4-5,12-13,16-21H2,2H3,(H,49,58)(H,51,59)(H,53,60,62)(H2,48,50,52,54). The smallest absolute Gasteiger partial charge is 0.421 e. The summed E-state index contributed by atoms with van der Waals surface area (Å²) in [5.41, 5.74) is 0.758. The van der Waals surface area contributed by atoms with Crippen LogP contribution in [0.3, 0.4) is 0 Å². The van der Waals surface area contributed by atoms with Gasteiger partial charge in [0.25, 0.3) is 11.8 Å². The van der Waals surface area contributed by atoms with E-state index in [1.165, 1.54) is 37.4 Å². The first-order chi connectivity index (χ1) is 31.1. The molecule has 65 heavy (non-hydrogen) atoms. The van der Waals surface area contributed by atoms with Crippen molar-refractivity contribution in [2.24, 2.45) is 0 Å². The van der Waals surface area contributed by atoms with Gasteiger partial charge >= 0.3 is 6.18 Å². The number of benzene rings is 3. The average molecular weight is 897 g/mol. The summed E-state index contributed by atoms with van der Waals surface area (Å²) in [6.45, 7) is 5.26. The number of rotatable bonds is 15. The summed E-state index contributed by atoms with van der Waals surface area (Å²) in [6.07, 6.45) is -2.01. The van der Waals surface area contributed by atoms with E-state index in [1.807, 2.05) is 0 Å². The van der Waals surface area contributed by atoms with Crippen molar-refractivity contribution in [3.63, 3.8) is 0 Å². The van der Waals surface area contributed by atoms with Gasteiger partial charge < -0.3 is 35.8 Å². The number of ether oxygens (including phenoxy) is 1. The number of imide groups is 2. The van der Waals surface area contributed by atoms with Crippen LogP contribution in [0.4, 0.5) is 53.4 Å². The number of nitrogens with one attached hydrogen (secondary N) is 5. The number of hydrogen-bond acceptors (Lipinski definition) is 13. The highest BCUT2D eigenvalue weighted by Gasteiger charge is 2.46. The van der Waals surface area contributed by atoms with Gasteiger partial charge in [0.2, 0.25) is 35.5 Å². The van der Waals surface area contributed by atoms with E-state index in [2.05, 4.69) is 48.0 Å². The number of unbranched alkanes of at least 4 members (excludes halogenated alkanes) is 1. The molecule has 338 valence electrons. The Morgan fingerprint density at radius 1 is 0.892 bits per heavy atom. The first kappa shape index (κ1) is 45.2. The van der Waals surface area contributed by atoms with Gasteiger partial charge in [-0.1, -0.05) is 18.7 Å². The average Bonchev–Trinajstić information content (AvgIpc) is 3.53. The molecule has 0 bridgehead atoms. The normalized spacial score (nSPS) is 16.1. The van der Waals surface area contributed by atoms with E-state index in [-0.39, 0.29) is 60.0 Å². The second kappa shape index (κ2) is 19.3. The molecule has 0 spiro atoms. The first-order valence-electron chi connectivity index (χ1n) is 20.5. The number of fused-ring (bicyclic) bond motifs is 1. The fraction of sp³-hybridized carbons (Fsp3) is 0.295. The number of nitrogens with zero attached hydrogens (tertiary/aromatic N) is 5. The highest BCUT2D eigenvalue weighted by molar-refractivity contribution is 6.26. The van der Waals surface area contributed by atoms with Crippen molar-refractivity contribution in [2.75, 3.05) is 59.5 Å². The molecular formula is C44H43F3N10O8. The highest BCUT2D eigenvalue weighted by atomic mass is 19.4. The number of halogens is 3. The lowest BCUT2D eigenvalue weighted by Crippen LogP contribution is -2.54. The van der Waals surface area contributed by atoms with Crippen LogP contribution in [0, 0.1) is 0 Å². The number of piperidine rings is 1. The number of amides is 7. The lowest BCUT2D eigenvalue weighted by molar-refractivity contribution is -0.138. The summed E-state index contributed by atoms with van der Waals surface area (Å²) in [4.78, 5) is 101. The van der Waals surface area contributed by atoms with Gasteiger partial charge in [0, 0.05) is 74.8 Å². The van der Waals surface area contributed by atoms with E-state index in [0.29, 0.717) is 62.3 Å². The second-order valence-corrected chi connectivity index (χ2v) is 15.2. The van der Waals surface area contributed by atoms with Crippen molar-refractivity contribution in [1.82, 2.24) is 25.1 Å². The molecule has 1 atom stereocenters. The van der Waals surface area contributed by atoms with Gasteiger partial charge in [0.1, 0.15) is 23.2 Å². The molecule has 7 rings (SSSR count). The minimum Gasteiger partial charge on any atom is -0.494 e. The van der Waals surface area contributed by atoms with Crippen LogP contribution < -0.4 is 36.2 Å². The molecule has 7 amide bonds. The molecule has 2 saturated heterocycles. The predicted octanol–water partition coefficient (Wildman–Crippen LogP) is 5.36. The Kier molecular flexibility index (Phi) is 13.4. The summed E-state index contributed by atoms with van der Waals surface area (Å²) < 4.78 is 47.6. The summed E-state index contributed by atoms with van der Waals surface area (Å²) in [7, 11) is 1.44. The minimum atomic E-state index is -4.78. The molecule has 5 N–H and O–H groups in total. The van der Waals surface area contributed by atoms with Crippen LogP contribution in [0.1, 0.15) is 64.8 Å². The molecular weight excluding hydrogens is 854 g/mol. The summed E-state index contributed by atoms with van der Waals surface area (Å²) in [6, 6.07) is 14.6. The zero-order valence-corrected chi connectivity index (χ0v) is 34.9. The quantitative estimate of drug-likeness (QED) is 0.0576. The Labute approximate surface area is 369 Å². The summed E-state index contributed by atoms with van der Waals surface area (Å²) in [5, 5.41) is 13.0. The van der Waals surface area contributed by atoms with Gasteiger partial charge in [-0.15, -0.1) is 0 Å². The van der Waals surface area contributed by atoms with Crippen molar-refractivity contribution in [2.45, 2.75) is 50.7 Å². The number of carbonyl (C=O) groups is 7. The number of piperazine rings is 1. The summed E-state index contributed by atoms with van der Waals surface area (Å²) >= 11 is 0. The molecule has 3 aliphatic rings. The van der Waals surface area contributed by atoms with Crippen LogP contribution in [0.25, 0.3) is 0 Å². The Morgan fingerprint density at radius 2 is 1.63 bits per heavy atom. The molecule has 0 saturated carbocycles. The van der Waals surface area contributed by atoms with Crippen LogP contribution in [-0.4, -0.2) is 100 Å². The zero-order chi connectivity index (χ0) is 46.4. The van der Waals surface area contributed by atoms with Crippen molar-refractivity contribution in [1.29, 1.82) is 0 Å². The van der Waals surface area contributed by atoms with E-state index < -0.39 is 59.0 Å². The van der Waals surface area contributed by atoms with E-state index in [1.54, 1.807) is 35.2 Å². The van der Waals surface area contributed by atoms with Crippen LogP contribution in [0.15, 0.2) is 79.5 Å². The van der Waals surface area contributed by atoms with Gasteiger partial charge in [-0.2, -0.15) is 18.2 Å². The predicted molar refractivity (Wildman–Crippen MR) is 231 cm³/mol. The monoisotopic (exact) mass is 896 g/mol. The van der Waals surface area contributed by atoms with Crippen molar-refractivity contribution < 1.29 is 51.5 Å². The van der Waals surface area contributed by atoms with Crippen LogP contribution in [0.5, 0.6) is 5.75 Å². The maximum absolute atomic E-state index is 14.0. The third kappa shape index (κ3) is 10.4. The highest BCUT2D eigenvalue weighted by Crippen LogP contribution is 2.38. The molecule has 4 heterocycles. The molecule has 3 aromatic carbocycles. The van der Waals surface area contributed by atoms with E-state index in [9.17, 15) is 46.7 Å². The molecule has 21 heteroatoms. The van der Waals surface area contributed by atoms with Gasteiger partial charge in [-0.05, 0) is 67.8 Å². The van der Waals surface area contributed by atoms with E-state index in [0.717, 1.165) is 16.7 Å². The lowest BCUT2D eigenvalue weighted by atomic mass is 10.0. The number of alkyl halides is 3. The number of hydrogen-bond donors (Lipinski definition) is 5. The number of aromatic nitrogens is 2. The van der Waals surface area contributed by atoms with Crippen molar-refractivity contribution in [3.8, 4) is 5.75 Å². The zero-order valence-electron chi connectivity index (χ0n) is 34.9. The van der Waals surface area contributed by atoms with E-state index in [4.69, 9.17) is 4.74 Å². The molecule has 1 unspecified atom stereocenters. The summed E-state index contributed by atoms with van der Waals surface area (Å²) in [5.74, 6) is -3.93. The molecule has 3 aliphatic heterocycles. The van der Waals surface area contributed by atoms with Gasteiger partial charge in [-0.3, -0.25) is 43.8 Å². The van der Waals surface area contributed by atoms with Crippen molar-refractivity contribution >= 4 is 81.6 Å². The Bertz CT molecular complexity index is 2580. The van der Waals surface area contributed by atoms with Gasteiger partial charge in [0.15, 0.2) is 0 Å². The lowest BCUT2D eigenvalue weighted by Gasteiger charge is -2.36. The first-order valence-corrected chi connectivity index (χ1v) is 20.5. The van der Waals surface area contributed by atoms with Crippen LogP contribution in [0.2, 0.25) is 0 Å². The molecule has 0 aliphatic carbocycles. The largest absolute Gasteiger partial charge is 0.494 e. The molecule has 1 aromatic heterocycles. The maximum Gasteiger partial charge on any atom is 0.421 e. The fourth-order valence-corrected chi connectivity index (χ4v) is 7.62. The third-order valence-electron chi connectivity index (χ3n) is 10.9. The molecule has 0 radical (unpaired) electrons. The molecule has 18 nitrogen and oxygen atoms in total. The number of anilines is 7. The Morgan fingerprint density at radius 3 is 2.35 bits per heavy atom. The Hall–Kier alpha value is -7.84. The topological polar surface area (TPSA) is 224 Å².